The molecule has 0 aliphatic heterocycles. The second-order valence-electron chi connectivity index (χ2n) is 5.74. The maximum Gasteiger partial charge on any atom is 0.426 e. The molecule has 9 heteroatoms. The van der Waals surface area contributed by atoms with Crippen LogP contribution in [0.1, 0.15) is 14.5 Å². The zero-order valence-electron chi connectivity index (χ0n) is 14.5. The number of alkyl halides is 3. The van der Waals surface area contributed by atoms with Crippen molar-refractivity contribution in [3.05, 3.63) is 75.4 Å². The molecule has 1 N–H and O–H groups in total. The van der Waals surface area contributed by atoms with Crippen molar-refractivity contribution < 1.29 is 18.0 Å². The van der Waals surface area contributed by atoms with Gasteiger partial charge in [0.15, 0.2) is 0 Å². The van der Waals surface area contributed by atoms with Crippen molar-refractivity contribution in [3.8, 4) is 17.2 Å². The molecule has 29 heavy (non-hydrogen) atoms. The third-order valence-corrected chi connectivity index (χ3v) is 5.15. The number of ketones is 1. The standard InChI is InChI=1S/C20H11ClF3N3OS/c21-13-7-4-8-14(9-13)26-27-16(11-25)18(28)17-10-15(12-5-2-1-3-6-12)19(29-17)20(22,23)24/h1-10,26H/b27-16-. The molecule has 3 aromatic rings. The van der Waals surface area contributed by atoms with Crippen LogP contribution in [0.15, 0.2) is 65.8 Å². The Morgan fingerprint density at radius 3 is 2.45 bits per heavy atom. The molecule has 0 saturated heterocycles. The molecule has 0 saturated carbocycles. The largest absolute Gasteiger partial charge is 0.426 e. The van der Waals surface area contributed by atoms with E-state index in [1.54, 1.807) is 42.5 Å². The third kappa shape index (κ3) is 4.83. The minimum absolute atomic E-state index is 0.119. The molecular weight excluding hydrogens is 423 g/mol. The second-order valence-corrected chi connectivity index (χ2v) is 7.23. The van der Waals surface area contributed by atoms with Crippen LogP contribution in [0.5, 0.6) is 0 Å². The Labute approximate surface area is 172 Å². The van der Waals surface area contributed by atoms with Gasteiger partial charge >= 0.3 is 6.18 Å². The zero-order valence-corrected chi connectivity index (χ0v) is 16.1. The van der Waals surface area contributed by atoms with Crippen molar-refractivity contribution in [2.45, 2.75) is 6.18 Å². The Kier molecular flexibility index (Phi) is 6.01. The van der Waals surface area contributed by atoms with Crippen molar-refractivity contribution in [2.75, 3.05) is 5.43 Å². The van der Waals surface area contributed by atoms with Crippen molar-refractivity contribution in [1.82, 2.24) is 0 Å². The molecule has 0 radical (unpaired) electrons. The number of carbonyl (C=O) groups is 1. The van der Waals surface area contributed by atoms with Crippen LogP contribution in [0, 0.1) is 11.3 Å². The molecule has 0 unspecified atom stereocenters. The maximum atomic E-state index is 13.5. The summed E-state index contributed by atoms with van der Waals surface area (Å²) in [6, 6.07) is 17.1. The summed E-state index contributed by atoms with van der Waals surface area (Å²) in [5, 5.41) is 13.4. The highest BCUT2D eigenvalue weighted by Crippen LogP contribution is 2.42. The van der Waals surface area contributed by atoms with E-state index in [2.05, 4.69) is 10.5 Å². The van der Waals surface area contributed by atoms with Gasteiger partial charge in [-0.25, -0.2) is 0 Å². The molecular formula is C20H11ClF3N3OS. The van der Waals surface area contributed by atoms with Gasteiger partial charge in [-0.2, -0.15) is 23.5 Å². The SMILES string of the molecule is N#C/C(=N/Nc1cccc(Cl)c1)C(=O)c1cc(-c2ccccc2)c(C(F)(F)F)s1. The van der Waals surface area contributed by atoms with Crippen LogP contribution >= 0.6 is 22.9 Å². The van der Waals surface area contributed by atoms with E-state index in [0.717, 1.165) is 6.07 Å². The Bertz CT molecular complexity index is 1120. The molecule has 0 bridgehead atoms. The molecule has 1 aromatic heterocycles. The lowest BCUT2D eigenvalue weighted by Crippen LogP contribution is -2.13. The van der Waals surface area contributed by atoms with Gasteiger partial charge in [-0.05, 0) is 29.8 Å². The first-order chi connectivity index (χ1) is 13.8. The summed E-state index contributed by atoms with van der Waals surface area (Å²) in [6.45, 7) is 0. The van der Waals surface area contributed by atoms with Gasteiger partial charge in [0.05, 0.1) is 10.6 Å². The van der Waals surface area contributed by atoms with Gasteiger partial charge in [-0.15, -0.1) is 11.3 Å². The average molecular weight is 434 g/mol. The highest BCUT2D eigenvalue weighted by molar-refractivity contribution is 7.15. The van der Waals surface area contributed by atoms with Crippen LogP contribution in [0.25, 0.3) is 11.1 Å². The molecule has 2 aromatic carbocycles. The quantitative estimate of drug-likeness (QED) is 0.293. The molecule has 0 aliphatic carbocycles. The Morgan fingerprint density at radius 1 is 1.10 bits per heavy atom. The minimum atomic E-state index is -4.64. The summed E-state index contributed by atoms with van der Waals surface area (Å²) in [6.07, 6.45) is -4.64. The normalized spacial score (nSPS) is 11.8. The van der Waals surface area contributed by atoms with Gasteiger partial charge in [-0.3, -0.25) is 10.2 Å². The van der Waals surface area contributed by atoms with Gasteiger partial charge in [-0.1, -0.05) is 48.0 Å². The summed E-state index contributed by atoms with van der Waals surface area (Å²) >= 11 is 6.13. The van der Waals surface area contributed by atoms with Crippen molar-refractivity contribution in [1.29, 1.82) is 5.26 Å². The van der Waals surface area contributed by atoms with Gasteiger partial charge in [0, 0.05) is 10.6 Å². The van der Waals surface area contributed by atoms with Crippen LogP contribution in [-0.4, -0.2) is 11.5 Å². The number of anilines is 1. The lowest BCUT2D eigenvalue weighted by Gasteiger charge is -2.07. The summed E-state index contributed by atoms with van der Waals surface area (Å²) in [5.74, 6) is -0.903. The highest BCUT2D eigenvalue weighted by Gasteiger charge is 2.37. The van der Waals surface area contributed by atoms with Crippen LogP contribution in [-0.2, 0) is 6.18 Å². The van der Waals surface area contributed by atoms with E-state index in [9.17, 15) is 23.2 Å². The van der Waals surface area contributed by atoms with Crippen molar-refractivity contribution >= 4 is 40.1 Å². The number of thiophene rings is 1. The van der Waals surface area contributed by atoms with Gasteiger partial charge < -0.3 is 0 Å². The average Bonchev–Trinajstić information content (AvgIpc) is 3.15. The van der Waals surface area contributed by atoms with Crippen LogP contribution in [0.4, 0.5) is 18.9 Å². The topological polar surface area (TPSA) is 65.2 Å². The van der Waals surface area contributed by atoms with Gasteiger partial charge in [0.2, 0.25) is 11.5 Å². The molecule has 0 fully saturated rings. The molecule has 0 amide bonds. The minimum Gasteiger partial charge on any atom is -0.285 e. The lowest BCUT2D eigenvalue weighted by atomic mass is 10.1. The monoisotopic (exact) mass is 433 g/mol. The number of nitrogens with one attached hydrogen (secondary N) is 1. The number of nitrogens with zero attached hydrogens (tertiary/aromatic N) is 2. The lowest BCUT2D eigenvalue weighted by molar-refractivity contribution is -0.133. The number of Topliss-reactive ketones (excluding diaryl/α,β-unsaturated/α-hetero) is 1. The van der Waals surface area contributed by atoms with E-state index in [-0.39, 0.29) is 21.8 Å². The van der Waals surface area contributed by atoms with E-state index in [1.165, 1.54) is 18.2 Å². The Morgan fingerprint density at radius 2 is 1.83 bits per heavy atom. The molecule has 146 valence electrons. The van der Waals surface area contributed by atoms with Gasteiger partial charge in [0.1, 0.15) is 10.9 Å². The van der Waals surface area contributed by atoms with E-state index in [4.69, 9.17) is 11.6 Å². The maximum absolute atomic E-state index is 13.5. The number of carbonyl (C=O) groups excluding carboxylic acids is 1. The van der Waals surface area contributed by atoms with E-state index in [0.29, 0.717) is 16.3 Å². The fourth-order valence-electron chi connectivity index (χ4n) is 2.47. The number of hydrogen-bond donors (Lipinski definition) is 1. The van der Waals surface area contributed by atoms with Gasteiger partial charge in [0.25, 0.3) is 0 Å². The molecule has 1 heterocycles. The fourth-order valence-corrected chi connectivity index (χ4v) is 3.65. The predicted molar refractivity (Wildman–Crippen MR) is 107 cm³/mol. The number of nitriles is 1. The highest BCUT2D eigenvalue weighted by atomic mass is 35.5. The molecule has 0 atom stereocenters. The zero-order chi connectivity index (χ0) is 21.0. The summed E-state index contributed by atoms with van der Waals surface area (Å²) < 4.78 is 40.4. The number of halogens is 4. The number of benzene rings is 2. The predicted octanol–water partition coefficient (Wildman–Crippen LogP) is 6.26. The first-order valence-electron chi connectivity index (χ1n) is 8.10. The van der Waals surface area contributed by atoms with Crippen molar-refractivity contribution in [2.24, 2.45) is 5.10 Å². The fraction of sp³-hybridized carbons (Fsp3) is 0.0500. The number of hydrazone groups is 1. The number of hydrogen-bond acceptors (Lipinski definition) is 5. The third-order valence-electron chi connectivity index (χ3n) is 3.74. The van der Waals surface area contributed by atoms with Crippen LogP contribution < -0.4 is 5.43 Å². The smallest absolute Gasteiger partial charge is 0.285 e. The summed E-state index contributed by atoms with van der Waals surface area (Å²) in [5.41, 5.74) is 2.57. The molecule has 0 spiro atoms. The van der Waals surface area contributed by atoms with Crippen LogP contribution in [0.2, 0.25) is 5.02 Å². The molecule has 0 aliphatic rings. The summed E-state index contributed by atoms with van der Waals surface area (Å²) in [7, 11) is 0. The number of rotatable bonds is 5. The van der Waals surface area contributed by atoms with Crippen molar-refractivity contribution in [3.63, 3.8) is 0 Å². The first-order valence-corrected chi connectivity index (χ1v) is 9.29. The molecule has 4 nitrogen and oxygen atoms in total. The molecule has 3 rings (SSSR count). The van der Waals surface area contributed by atoms with E-state index >= 15 is 0 Å². The second kappa shape index (κ2) is 8.47. The summed E-state index contributed by atoms with van der Waals surface area (Å²) in [4.78, 5) is 11.5. The Balaban J connectivity index is 1.96. The first kappa shape index (κ1) is 20.6. The van der Waals surface area contributed by atoms with E-state index in [1.807, 2.05) is 0 Å². The van der Waals surface area contributed by atoms with Crippen LogP contribution in [0.3, 0.4) is 0 Å². The van der Waals surface area contributed by atoms with E-state index < -0.39 is 22.5 Å². The Hall–Kier alpha value is -3.15.